The van der Waals surface area contributed by atoms with Crippen LogP contribution < -0.4 is 16.0 Å². The van der Waals surface area contributed by atoms with E-state index >= 15 is 0 Å². The smallest absolute Gasteiger partial charge is 0.216 e. The summed E-state index contributed by atoms with van der Waals surface area (Å²) in [5.41, 5.74) is 8.54. The van der Waals surface area contributed by atoms with Crippen LogP contribution in [0.25, 0.3) is 0 Å². The summed E-state index contributed by atoms with van der Waals surface area (Å²) in [5, 5.41) is 2.92. The number of amides is 1. The van der Waals surface area contributed by atoms with Crippen LogP contribution in [0.3, 0.4) is 0 Å². The Labute approximate surface area is 127 Å². The highest BCUT2D eigenvalue weighted by molar-refractivity contribution is 5.72. The largest absolute Gasteiger partial charge is 0.372 e. The minimum absolute atomic E-state index is 0.0697. The SMILES string of the molecule is CC[C@H](N)c1ccc(N2CCC(CNC(C)=O)CC2)cc1. The average molecular weight is 289 g/mol. The maximum Gasteiger partial charge on any atom is 0.216 e. The molecule has 0 bridgehead atoms. The molecule has 1 aromatic carbocycles. The van der Waals surface area contributed by atoms with E-state index in [0.29, 0.717) is 5.92 Å². The highest BCUT2D eigenvalue weighted by atomic mass is 16.1. The zero-order chi connectivity index (χ0) is 15.2. The van der Waals surface area contributed by atoms with Crippen molar-refractivity contribution in [2.45, 2.75) is 39.2 Å². The van der Waals surface area contributed by atoms with Crippen LogP contribution in [0.1, 0.15) is 44.7 Å². The molecule has 2 rings (SSSR count). The van der Waals surface area contributed by atoms with E-state index in [2.05, 4.69) is 41.4 Å². The standard InChI is InChI=1S/C17H27N3O/c1-3-17(18)15-4-6-16(7-5-15)20-10-8-14(9-11-20)12-19-13(2)21/h4-7,14,17H,3,8-12,18H2,1-2H3,(H,19,21)/t17-/m0/s1. The van der Waals surface area contributed by atoms with Crippen LogP contribution >= 0.6 is 0 Å². The molecule has 4 heteroatoms. The molecule has 1 atom stereocenters. The average Bonchev–Trinajstić information content (AvgIpc) is 2.53. The van der Waals surface area contributed by atoms with E-state index < -0.39 is 0 Å². The lowest BCUT2D eigenvalue weighted by molar-refractivity contribution is -0.119. The van der Waals surface area contributed by atoms with Crippen molar-refractivity contribution in [3.05, 3.63) is 29.8 Å². The van der Waals surface area contributed by atoms with Gasteiger partial charge in [-0.15, -0.1) is 0 Å². The topological polar surface area (TPSA) is 58.4 Å². The molecule has 0 radical (unpaired) electrons. The van der Waals surface area contributed by atoms with Gasteiger partial charge < -0.3 is 16.0 Å². The molecule has 21 heavy (non-hydrogen) atoms. The number of carbonyl (C=O) groups excluding carboxylic acids is 1. The normalized spacial score (nSPS) is 17.6. The van der Waals surface area contributed by atoms with Gasteiger partial charge in [0.15, 0.2) is 0 Å². The Morgan fingerprint density at radius 1 is 1.33 bits per heavy atom. The number of piperidine rings is 1. The molecule has 1 aromatic rings. The van der Waals surface area contributed by atoms with Gasteiger partial charge >= 0.3 is 0 Å². The summed E-state index contributed by atoms with van der Waals surface area (Å²) in [4.78, 5) is 13.4. The summed E-state index contributed by atoms with van der Waals surface area (Å²) in [6.07, 6.45) is 3.24. The van der Waals surface area contributed by atoms with Crippen LogP contribution in [0.2, 0.25) is 0 Å². The number of nitrogens with one attached hydrogen (secondary N) is 1. The van der Waals surface area contributed by atoms with E-state index in [9.17, 15) is 4.79 Å². The predicted octanol–water partition coefficient (Wildman–Crippen LogP) is 2.45. The molecule has 1 aliphatic heterocycles. The fourth-order valence-corrected chi connectivity index (χ4v) is 2.85. The Morgan fingerprint density at radius 3 is 2.48 bits per heavy atom. The molecule has 1 saturated heterocycles. The van der Waals surface area contributed by atoms with E-state index in [0.717, 1.165) is 38.9 Å². The summed E-state index contributed by atoms with van der Waals surface area (Å²) < 4.78 is 0. The molecule has 1 fully saturated rings. The Kier molecular flexibility index (Phi) is 5.62. The molecule has 3 N–H and O–H groups in total. The van der Waals surface area contributed by atoms with E-state index in [1.807, 2.05) is 0 Å². The predicted molar refractivity (Wildman–Crippen MR) is 87.3 cm³/mol. The number of nitrogens with two attached hydrogens (primary N) is 1. The van der Waals surface area contributed by atoms with Gasteiger partial charge in [-0.2, -0.15) is 0 Å². The lowest BCUT2D eigenvalue weighted by Gasteiger charge is -2.33. The van der Waals surface area contributed by atoms with Gasteiger partial charge in [0, 0.05) is 38.3 Å². The molecule has 0 spiro atoms. The fraction of sp³-hybridized carbons (Fsp3) is 0.588. The van der Waals surface area contributed by atoms with Crippen molar-refractivity contribution < 1.29 is 4.79 Å². The third kappa shape index (κ3) is 4.46. The van der Waals surface area contributed by atoms with Crippen molar-refractivity contribution in [2.24, 2.45) is 11.7 Å². The second-order valence-corrected chi connectivity index (χ2v) is 5.97. The van der Waals surface area contributed by atoms with E-state index in [1.165, 1.54) is 11.3 Å². The minimum Gasteiger partial charge on any atom is -0.372 e. The summed E-state index contributed by atoms with van der Waals surface area (Å²) >= 11 is 0. The highest BCUT2D eigenvalue weighted by Crippen LogP contribution is 2.24. The van der Waals surface area contributed by atoms with Crippen molar-refractivity contribution in [1.29, 1.82) is 0 Å². The monoisotopic (exact) mass is 289 g/mol. The van der Waals surface area contributed by atoms with Crippen LogP contribution in [0.15, 0.2) is 24.3 Å². The molecule has 0 unspecified atom stereocenters. The number of rotatable bonds is 5. The number of benzene rings is 1. The van der Waals surface area contributed by atoms with Crippen molar-refractivity contribution in [3.63, 3.8) is 0 Å². The maximum absolute atomic E-state index is 11.0. The summed E-state index contributed by atoms with van der Waals surface area (Å²) in [7, 11) is 0. The first-order valence-corrected chi connectivity index (χ1v) is 7.95. The van der Waals surface area contributed by atoms with E-state index in [1.54, 1.807) is 6.92 Å². The van der Waals surface area contributed by atoms with Crippen LogP contribution in [0.4, 0.5) is 5.69 Å². The van der Waals surface area contributed by atoms with Gasteiger partial charge in [-0.25, -0.2) is 0 Å². The number of anilines is 1. The zero-order valence-electron chi connectivity index (χ0n) is 13.1. The van der Waals surface area contributed by atoms with Gasteiger partial charge in [-0.05, 0) is 42.9 Å². The van der Waals surface area contributed by atoms with Gasteiger partial charge in [-0.3, -0.25) is 4.79 Å². The zero-order valence-corrected chi connectivity index (χ0v) is 13.1. The third-order valence-corrected chi connectivity index (χ3v) is 4.38. The molecule has 4 nitrogen and oxygen atoms in total. The Hall–Kier alpha value is -1.55. The molecular weight excluding hydrogens is 262 g/mol. The number of hydrogen-bond acceptors (Lipinski definition) is 3. The lowest BCUT2D eigenvalue weighted by atomic mass is 9.96. The second kappa shape index (κ2) is 7.46. The molecular formula is C17H27N3O. The Morgan fingerprint density at radius 2 is 1.95 bits per heavy atom. The van der Waals surface area contributed by atoms with E-state index in [-0.39, 0.29) is 11.9 Å². The molecule has 1 amide bonds. The van der Waals surface area contributed by atoms with Crippen molar-refractivity contribution in [3.8, 4) is 0 Å². The van der Waals surface area contributed by atoms with Crippen LogP contribution in [-0.4, -0.2) is 25.5 Å². The molecule has 0 aliphatic carbocycles. The first-order chi connectivity index (χ1) is 10.1. The van der Waals surface area contributed by atoms with Crippen molar-refractivity contribution in [1.82, 2.24) is 5.32 Å². The van der Waals surface area contributed by atoms with Crippen LogP contribution in [-0.2, 0) is 4.79 Å². The number of hydrogen-bond donors (Lipinski definition) is 2. The van der Waals surface area contributed by atoms with Crippen molar-refractivity contribution in [2.75, 3.05) is 24.5 Å². The first kappa shape index (κ1) is 15.8. The molecule has 0 saturated carbocycles. The van der Waals surface area contributed by atoms with Gasteiger partial charge in [0.2, 0.25) is 5.91 Å². The minimum atomic E-state index is 0.0697. The lowest BCUT2D eigenvalue weighted by Crippen LogP contribution is -2.38. The van der Waals surface area contributed by atoms with Crippen molar-refractivity contribution >= 4 is 11.6 Å². The number of nitrogens with zero attached hydrogens (tertiary/aromatic N) is 1. The van der Waals surface area contributed by atoms with E-state index in [4.69, 9.17) is 5.73 Å². The summed E-state index contributed by atoms with van der Waals surface area (Å²) in [6.45, 7) is 6.62. The summed E-state index contributed by atoms with van der Waals surface area (Å²) in [6, 6.07) is 8.79. The Balaban J connectivity index is 1.86. The molecule has 116 valence electrons. The quantitative estimate of drug-likeness (QED) is 0.875. The molecule has 0 aromatic heterocycles. The van der Waals surface area contributed by atoms with Crippen LogP contribution in [0.5, 0.6) is 0 Å². The fourth-order valence-electron chi connectivity index (χ4n) is 2.85. The first-order valence-electron chi connectivity index (χ1n) is 7.95. The Bertz CT molecular complexity index is 450. The summed E-state index contributed by atoms with van der Waals surface area (Å²) in [5.74, 6) is 0.679. The highest BCUT2D eigenvalue weighted by Gasteiger charge is 2.19. The third-order valence-electron chi connectivity index (χ3n) is 4.38. The van der Waals surface area contributed by atoms with Gasteiger partial charge in [0.1, 0.15) is 0 Å². The molecule has 1 aliphatic rings. The van der Waals surface area contributed by atoms with Gasteiger partial charge in [0.05, 0.1) is 0 Å². The van der Waals surface area contributed by atoms with Gasteiger partial charge in [0.25, 0.3) is 0 Å². The van der Waals surface area contributed by atoms with Crippen LogP contribution in [0, 0.1) is 5.92 Å². The maximum atomic E-state index is 11.0. The molecule has 1 heterocycles. The number of carbonyl (C=O) groups is 1. The second-order valence-electron chi connectivity index (χ2n) is 5.97. The van der Waals surface area contributed by atoms with Gasteiger partial charge in [-0.1, -0.05) is 19.1 Å².